The van der Waals surface area contributed by atoms with Crippen LogP contribution in [-0.4, -0.2) is 53.8 Å². The number of nitrogens with one attached hydrogen (secondary N) is 2. The molecule has 220 valence electrons. The Bertz CT molecular complexity index is 1870. The second-order valence-corrected chi connectivity index (χ2v) is 13.5. The summed E-state index contributed by atoms with van der Waals surface area (Å²) in [6, 6.07) is 16.3. The van der Waals surface area contributed by atoms with E-state index in [0.29, 0.717) is 18.5 Å². The van der Waals surface area contributed by atoms with Gasteiger partial charge in [-0.25, -0.2) is 13.4 Å². The van der Waals surface area contributed by atoms with E-state index in [2.05, 4.69) is 15.6 Å². The molecule has 1 saturated heterocycles. The molecular weight excluding hydrogens is 588 g/mol. The van der Waals surface area contributed by atoms with Crippen molar-refractivity contribution >= 4 is 44.6 Å². The summed E-state index contributed by atoms with van der Waals surface area (Å²) in [7, 11) is -3.98. The summed E-state index contributed by atoms with van der Waals surface area (Å²) in [5.41, 5.74) is 2.71. The molecule has 2 aliphatic rings. The number of aliphatic carboxylic acids is 1. The first-order chi connectivity index (χ1) is 20.6. The van der Waals surface area contributed by atoms with Gasteiger partial charge in [0.1, 0.15) is 11.0 Å². The molecule has 3 heterocycles. The average Bonchev–Trinajstić information content (AvgIpc) is 3.65. The number of rotatable bonds is 7. The van der Waals surface area contributed by atoms with Crippen LogP contribution in [0.15, 0.2) is 76.7 Å². The molecule has 0 aliphatic carbocycles. The number of amides is 2. The van der Waals surface area contributed by atoms with Crippen LogP contribution in [-0.2, 0) is 27.7 Å². The van der Waals surface area contributed by atoms with Crippen molar-refractivity contribution in [1.29, 1.82) is 0 Å². The van der Waals surface area contributed by atoms with Gasteiger partial charge in [-0.2, -0.15) is 0 Å². The summed E-state index contributed by atoms with van der Waals surface area (Å²) in [6.45, 7) is 3.18. The maximum Gasteiger partial charge on any atom is 0.320 e. The Labute approximate surface area is 252 Å². The smallest absolute Gasteiger partial charge is 0.320 e. The van der Waals surface area contributed by atoms with Crippen molar-refractivity contribution in [1.82, 2.24) is 15.2 Å². The molecule has 1 fully saturated rings. The second kappa shape index (κ2) is 11.4. The first-order valence-corrected chi connectivity index (χ1v) is 16.0. The van der Waals surface area contributed by atoms with Gasteiger partial charge < -0.3 is 15.7 Å². The van der Waals surface area contributed by atoms with Gasteiger partial charge in [0, 0.05) is 28.7 Å². The number of thiazole rings is 1. The Hall–Kier alpha value is -4.39. The highest BCUT2D eigenvalue weighted by atomic mass is 32.2. The molecule has 1 atom stereocenters. The molecule has 6 rings (SSSR count). The van der Waals surface area contributed by atoms with Crippen molar-refractivity contribution < 1.29 is 27.9 Å². The molecule has 0 unspecified atom stereocenters. The Morgan fingerprint density at radius 3 is 2.63 bits per heavy atom. The number of aromatic nitrogens is 1. The van der Waals surface area contributed by atoms with Crippen LogP contribution in [0.3, 0.4) is 0 Å². The maximum atomic E-state index is 13.3. The number of hydrogen-bond acceptors (Lipinski definition) is 8. The van der Waals surface area contributed by atoms with Crippen LogP contribution in [0, 0.1) is 6.92 Å². The third-order valence-corrected chi connectivity index (χ3v) is 10.7. The van der Waals surface area contributed by atoms with Crippen LogP contribution in [0.2, 0.25) is 0 Å². The number of nitrogens with zero attached hydrogens (tertiary/aromatic N) is 2. The standard InChI is InChI=1S/C31H28N4O6S2/c1-18-22(12-13-26-27(18)34-29(37)23-5-2-3-7-25(23)43(26,40)41)28(36)32-15-21-16-33-30(42-21)20-10-8-19(9-11-20)17-35-14-4-6-24(35)31(38)39/h2-3,5,7-13,16,24H,4,6,14-15,17H2,1H3,(H,32,36)(H,34,37)(H,38,39)/t24-/m0/s1. The van der Waals surface area contributed by atoms with Gasteiger partial charge in [-0.05, 0) is 61.7 Å². The van der Waals surface area contributed by atoms with Gasteiger partial charge in [-0.3, -0.25) is 19.3 Å². The summed E-state index contributed by atoms with van der Waals surface area (Å²) < 4.78 is 26.7. The molecule has 0 saturated carbocycles. The number of hydrogen-bond donors (Lipinski definition) is 3. The van der Waals surface area contributed by atoms with Gasteiger partial charge in [0.15, 0.2) is 0 Å². The predicted octanol–water partition coefficient (Wildman–Crippen LogP) is 4.50. The molecule has 0 bridgehead atoms. The molecule has 10 nitrogen and oxygen atoms in total. The second-order valence-electron chi connectivity index (χ2n) is 10.5. The Morgan fingerprint density at radius 1 is 1.09 bits per heavy atom. The fourth-order valence-corrected chi connectivity index (χ4v) is 8.09. The molecule has 43 heavy (non-hydrogen) atoms. The molecule has 0 radical (unpaired) electrons. The average molecular weight is 617 g/mol. The van der Waals surface area contributed by atoms with E-state index in [-0.39, 0.29) is 33.2 Å². The summed E-state index contributed by atoms with van der Waals surface area (Å²) in [4.78, 5) is 44.7. The van der Waals surface area contributed by atoms with Crippen molar-refractivity contribution in [3.63, 3.8) is 0 Å². The Kier molecular flexibility index (Phi) is 7.59. The van der Waals surface area contributed by atoms with Gasteiger partial charge in [0.2, 0.25) is 9.84 Å². The van der Waals surface area contributed by atoms with Gasteiger partial charge in [0.05, 0.1) is 27.6 Å². The van der Waals surface area contributed by atoms with Crippen molar-refractivity contribution in [2.45, 2.75) is 48.7 Å². The van der Waals surface area contributed by atoms with Crippen molar-refractivity contribution in [2.75, 3.05) is 11.9 Å². The first kappa shape index (κ1) is 28.7. The number of fused-ring (bicyclic) bond motifs is 2. The van der Waals surface area contributed by atoms with Crippen molar-refractivity contribution in [3.8, 4) is 10.6 Å². The number of carbonyl (C=O) groups is 3. The summed E-state index contributed by atoms with van der Waals surface area (Å²) >= 11 is 1.44. The number of carboxylic acid groups (broad SMARTS) is 1. The first-order valence-electron chi connectivity index (χ1n) is 13.7. The number of sulfone groups is 1. The third-order valence-electron chi connectivity index (χ3n) is 7.83. The number of anilines is 1. The van der Waals surface area contributed by atoms with E-state index in [4.69, 9.17) is 0 Å². The lowest BCUT2D eigenvalue weighted by atomic mass is 10.1. The molecule has 4 aromatic rings. The fourth-order valence-electron chi connectivity index (χ4n) is 5.57. The largest absolute Gasteiger partial charge is 0.480 e. The topological polar surface area (TPSA) is 146 Å². The third kappa shape index (κ3) is 5.44. The quantitative estimate of drug-likeness (QED) is 0.275. The molecule has 2 amide bonds. The molecule has 0 spiro atoms. The fraction of sp³-hybridized carbons (Fsp3) is 0.226. The molecule has 3 N–H and O–H groups in total. The molecule has 3 aromatic carbocycles. The number of carbonyl (C=O) groups excluding carboxylic acids is 2. The molecule has 12 heteroatoms. The predicted molar refractivity (Wildman–Crippen MR) is 161 cm³/mol. The Morgan fingerprint density at radius 2 is 1.86 bits per heavy atom. The minimum Gasteiger partial charge on any atom is -0.480 e. The van der Waals surface area contributed by atoms with Crippen LogP contribution in [0.1, 0.15) is 49.6 Å². The van der Waals surface area contributed by atoms with E-state index < -0.39 is 33.7 Å². The van der Waals surface area contributed by atoms with Gasteiger partial charge in [-0.15, -0.1) is 11.3 Å². The SMILES string of the molecule is Cc1c(C(=O)NCc2cnc(-c3ccc(CN4CCC[C@H]4C(=O)O)cc3)s2)ccc2c1NC(=O)c1ccccc1S2(=O)=O. The van der Waals surface area contributed by atoms with E-state index in [1.54, 1.807) is 25.3 Å². The van der Waals surface area contributed by atoms with Crippen LogP contribution < -0.4 is 10.6 Å². The molecular formula is C31H28N4O6S2. The Balaban J connectivity index is 1.14. The molecule has 1 aromatic heterocycles. The summed E-state index contributed by atoms with van der Waals surface area (Å²) in [5.74, 6) is -1.74. The van der Waals surface area contributed by atoms with E-state index in [1.807, 2.05) is 29.2 Å². The van der Waals surface area contributed by atoms with Crippen LogP contribution in [0.25, 0.3) is 10.6 Å². The lowest BCUT2D eigenvalue weighted by molar-refractivity contribution is -0.142. The maximum absolute atomic E-state index is 13.3. The van der Waals surface area contributed by atoms with Crippen LogP contribution in [0.4, 0.5) is 5.69 Å². The van der Waals surface area contributed by atoms with Crippen molar-refractivity contribution in [3.05, 3.63) is 94.0 Å². The number of benzene rings is 3. The zero-order valence-corrected chi connectivity index (χ0v) is 24.8. The van der Waals surface area contributed by atoms with E-state index >= 15 is 0 Å². The van der Waals surface area contributed by atoms with Crippen LogP contribution >= 0.6 is 11.3 Å². The van der Waals surface area contributed by atoms with E-state index in [0.717, 1.165) is 34.0 Å². The zero-order chi connectivity index (χ0) is 30.3. The minimum absolute atomic E-state index is 0.0538. The zero-order valence-electron chi connectivity index (χ0n) is 23.2. The number of carboxylic acids is 1. The summed E-state index contributed by atoms with van der Waals surface area (Å²) in [6.07, 6.45) is 3.25. The highest BCUT2D eigenvalue weighted by Gasteiger charge is 2.33. The van der Waals surface area contributed by atoms with Gasteiger partial charge >= 0.3 is 5.97 Å². The highest BCUT2D eigenvalue weighted by Crippen LogP contribution is 2.37. The summed E-state index contributed by atoms with van der Waals surface area (Å²) in [5, 5.41) is 15.8. The van der Waals surface area contributed by atoms with Crippen molar-refractivity contribution in [2.24, 2.45) is 0 Å². The normalized spacial score (nSPS) is 17.4. The molecule has 2 aliphatic heterocycles. The number of likely N-dealkylation sites (tertiary alicyclic amines) is 1. The van der Waals surface area contributed by atoms with E-state index in [1.165, 1.54) is 35.6 Å². The minimum atomic E-state index is -3.98. The van der Waals surface area contributed by atoms with Crippen LogP contribution in [0.5, 0.6) is 0 Å². The van der Waals surface area contributed by atoms with Gasteiger partial charge in [-0.1, -0.05) is 36.4 Å². The van der Waals surface area contributed by atoms with E-state index in [9.17, 15) is 27.9 Å². The lowest BCUT2D eigenvalue weighted by Crippen LogP contribution is -2.35. The lowest BCUT2D eigenvalue weighted by Gasteiger charge is -2.21. The monoisotopic (exact) mass is 616 g/mol. The van der Waals surface area contributed by atoms with Gasteiger partial charge in [0.25, 0.3) is 11.8 Å². The highest BCUT2D eigenvalue weighted by molar-refractivity contribution is 7.91.